The third-order valence-electron chi connectivity index (χ3n) is 6.65. The Morgan fingerprint density at radius 1 is 1.05 bits per heavy atom. The summed E-state index contributed by atoms with van der Waals surface area (Å²) in [6.07, 6.45) is 1.75. The van der Waals surface area contributed by atoms with Gasteiger partial charge in [-0.15, -0.1) is 5.10 Å². The van der Waals surface area contributed by atoms with Crippen molar-refractivity contribution >= 4 is 39.6 Å². The Morgan fingerprint density at radius 2 is 1.80 bits per heavy atom. The molecule has 3 aromatic carbocycles. The molecule has 0 aliphatic carbocycles. The molecular formula is C31H26BrN5O3S. The molecule has 2 aromatic heterocycles. The molecule has 206 valence electrons. The molecule has 1 N–H and O–H groups in total. The maximum Gasteiger partial charge on any atom is 0.338 e. The highest BCUT2D eigenvalue weighted by molar-refractivity contribution is 9.10. The lowest BCUT2D eigenvalue weighted by molar-refractivity contribution is -0.139. The predicted molar refractivity (Wildman–Crippen MR) is 162 cm³/mol. The van der Waals surface area contributed by atoms with Crippen LogP contribution in [0.3, 0.4) is 0 Å². The number of aromatic nitrogens is 4. The van der Waals surface area contributed by atoms with Crippen LogP contribution in [0.2, 0.25) is 0 Å². The van der Waals surface area contributed by atoms with Crippen molar-refractivity contribution in [2.45, 2.75) is 30.8 Å². The van der Waals surface area contributed by atoms with Crippen LogP contribution >= 0.6 is 27.7 Å². The van der Waals surface area contributed by atoms with E-state index in [9.17, 15) is 4.79 Å². The van der Waals surface area contributed by atoms with E-state index in [0.717, 1.165) is 32.5 Å². The molecule has 41 heavy (non-hydrogen) atoms. The number of esters is 1. The van der Waals surface area contributed by atoms with Crippen LogP contribution < -0.4 is 5.32 Å². The average Bonchev–Trinajstić information content (AvgIpc) is 3.64. The van der Waals surface area contributed by atoms with Gasteiger partial charge < -0.3 is 14.5 Å². The van der Waals surface area contributed by atoms with Gasteiger partial charge in [-0.05, 0) is 49.2 Å². The van der Waals surface area contributed by atoms with Crippen molar-refractivity contribution in [1.29, 1.82) is 0 Å². The number of thioether (sulfide) groups is 1. The molecule has 0 radical (unpaired) electrons. The average molecular weight is 629 g/mol. The Balaban J connectivity index is 1.20. The normalized spacial score (nSPS) is 14.5. The molecule has 0 fully saturated rings. The fourth-order valence-corrected chi connectivity index (χ4v) is 5.70. The summed E-state index contributed by atoms with van der Waals surface area (Å²) < 4.78 is 14.1. The van der Waals surface area contributed by atoms with Crippen LogP contribution in [0.15, 0.2) is 110 Å². The van der Waals surface area contributed by atoms with E-state index in [2.05, 4.69) is 38.4 Å². The molecule has 8 nitrogen and oxygen atoms in total. The smallest absolute Gasteiger partial charge is 0.338 e. The molecular weight excluding hydrogens is 602 g/mol. The Bertz CT molecular complexity index is 1710. The highest BCUT2D eigenvalue weighted by atomic mass is 79.9. The first-order valence-electron chi connectivity index (χ1n) is 13.1. The third-order valence-corrected chi connectivity index (χ3v) is 8.08. The van der Waals surface area contributed by atoms with Crippen molar-refractivity contribution in [2.24, 2.45) is 0 Å². The molecule has 0 amide bonds. The van der Waals surface area contributed by atoms with E-state index in [1.54, 1.807) is 17.8 Å². The van der Waals surface area contributed by atoms with Crippen molar-refractivity contribution in [3.63, 3.8) is 0 Å². The van der Waals surface area contributed by atoms with Crippen LogP contribution in [-0.2, 0) is 15.3 Å². The van der Waals surface area contributed by atoms with Crippen LogP contribution in [0.1, 0.15) is 31.0 Å². The van der Waals surface area contributed by atoms with E-state index in [0.29, 0.717) is 34.0 Å². The van der Waals surface area contributed by atoms with Gasteiger partial charge in [-0.25, -0.2) is 14.5 Å². The number of ether oxygens (including phenoxy) is 1. The molecule has 3 heterocycles. The van der Waals surface area contributed by atoms with Crippen LogP contribution in [0.5, 0.6) is 0 Å². The number of carbonyl (C=O) groups is 1. The number of nitrogens with zero attached hydrogens (tertiary/aromatic N) is 4. The van der Waals surface area contributed by atoms with Gasteiger partial charge in [0.05, 0.1) is 18.4 Å². The summed E-state index contributed by atoms with van der Waals surface area (Å²) in [5, 5.41) is 8.65. The van der Waals surface area contributed by atoms with Crippen LogP contribution in [0, 0.1) is 0 Å². The first-order chi connectivity index (χ1) is 20.0. The first-order valence-corrected chi connectivity index (χ1v) is 14.9. The van der Waals surface area contributed by atoms with E-state index >= 15 is 0 Å². The van der Waals surface area contributed by atoms with Crippen molar-refractivity contribution in [3.05, 3.63) is 112 Å². The summed E-state index contributed by atoms with van der Waals surface area (Å²) in [4.78, 5) is 22.2. The lowest BCUT2D eigenvalue weighted by Gasteiger charge is -2.28. The number of halogens is 1. The lowest BCUT2D eigenvalue weighted by Crippen LogP contribution is -2.29. The van der Waals surface area contributed by atoms with Gasteiger partial charge in [0.1, 0.15) is 6.04 Å². The van der Waals surface area contributed by atoms with Gasteiger partial charge in [0.2, 0.25) is 17.0 Å². The topological polar surface area (TPSA) is 95.1 Å². The highest BCUT2D eigenvalue weighted by Crippen LogP contribution is 2.37. The van der Waals surface area contributed by atoms with Crippen molar-refractivity contribution < 1.29 is 13.9 Å². The quantitative estimate of drug-likeness (QED) is 0.139. The Morgan fingerprint density at radius 3 is 2.54 bits per heavy atom. The summed E-state index contributed by atoms with van der Waals surface area (Å²) >= 11 is 5.02. The summed E-state index contributed by atoms with van der Waals surface area (Å²) in [5.74, 6) is 2.20. The maximum absolute atomic E-state index is 13.0. The maximum atomic E-state index is 13.0. The largest absolute Gasteiger partial charge is 0.463 e. The highest BCUT2D eigenvalue weighted by Gasteiger charge is 2.35. The van der Waals surface area contributed by atoms with Crippen molar-refractivity contribution in [1.82, 2.24) is 19.7 Å². The molecule has 0 unspecified atom stereocenters. The van der Waals surface area contributed by atoms with Gasteiger partial charge in [0.25, 0.3) is 0 Å². The molecule has 0 saturated carbocycles. The van der Waals surface area contributed by atoms with Crippen LogP contribution in [0.4, 0.5) is 5.95 Å². The monoisotopic (exact) mass is 627 g/mol. The third kappa shape index (κ3) is 5.71. The fourth-order valence-electron chi connectivity index (χ4n) is 4.65. The number of hydrogen-bond acceptors (Lipinski definition) is 8. The molecule has 1 aliphatic heterocycles. The zero-order valence-corrected chi connectivity index (χ0v) is 24.8. The van der Waals surface area contributed by atoms with Crippen molar-refractivity contribution in [2.75, 3.05) is 11.9 Å². The summed E-state index contributed by atoms with van der Waals surface area (Å²) in [7, 11) is 0. The number of carbonyl (C=O) groups excluding carboxylic acids is 1. The van der Waals surface area contributed by atoms with Crippen LogP contribution in [-0.4, -0.2) is 32.3 Å². The van der Waals surface area contributed by atoms with Gasteiger partial charge in [0.15, 0.2) is 5.76 Å². The van der Waals surface area contributed by atoms with E-state index in [1.165, 1.54) is 11.8 Å². The molecule has 10 heteroatoms. The lowest BCUT2D eigenvalue weighted by atomic mass is 9.96. The Kier molecular flexibility index (Phi) is 7.76. The predicted octanol–water partition coefficient (Wildman–Crippen LogP) is 7.51. The molecule has 1 atom stereocenters. The number of anilines is 1. The van der Waals surface area contributed by atoms with E-state index in [4.69, 9.17) is 19.2 Å². The SMILES string of the molecule is CCOC(=O)C1=C(C)Nc2nc(SCc3ccc(-c4ncc(-c5ccccc5)o4)cc3)nn2[C@H]1c1ccc(Br)cc1. The summed E-state index contributed by atoms with van der Waals surface area (Å²) in [5.41, 5.74) is 5.14. The zero-order valence-electron chi connectivity index (χ0n) is 22.4. The number of benzene rings is 3. The fraction of sp³-hybridized carbons (Fsp3) is 0.161. The molecule has 6 rings (SSSR count). The number of hydrogen-bond donors (Lipinski definition) is 1. The van der Waals surface area contributed by atoms with Gasteiger partial charge in [-0.3, -0.25) is 0 Å². The second-order valence-electron chi connectivity index (χ2n) is 9.38. The molecule has 0 bridgehead atoms. The minimum absolute atomic E-state index is 0.289. The Labute approximate surface area is 250 Å². The van der Waals surface area contributed by atoms with E-state index < -0.39 is 6.04 Å². The zero-order chi connectivity index (χ0) is 28.3. The number of nitrogens with one attached hydrogen (secondary N) is 1. The van der Waals surface area contributed by atoms with E-state index in [-0.39, 0.29) is 12.6 Å². The second kappa shape index (κ2) is 11.8. The van der Waals surface area contributed by atoms with Gasteiger partial charge >= 0.3 is 5.97 Å². The summed E-state index contributed by atoms with van der Waals surface area (Å²) in [6.45, 7) is 3.95. The second-order valence-corrected chi connectivity index (χ2v) is 11.2. The Hall–Kier alpha value is -4.15. The first kappa shape index (κ1) is 27.0. The van der Waals surface area contributed by atoms with E-state index in [1.807, 2.05) is 73.7 Å². The minimum atomic E-state index is -0.457. The number of fused-ring (bicyclic) bond motifs is 1. The molecule has 1 aliphatic rings. The number of allylic oxidation sites excluding steroid dienone is 1. The molecule has 0 spiro atoms. The molecule has 0 saturated heterocycles. The van der Waals surface area contributed by atoms with Gasteiger partial charge in [-0.1, -0.05) is 82.3 Å². The minimum Gasteiger partial charge on any atom is -0.463 e. The molecule has 5 aromatic rings. The van der Waals surface area contributed by atoms with Gasteiger partial charge in [-0.2, -0.15) is 4.98 Å². The van der Waals surface area contributed by atoms with Crippen LogP contribution in [0.25, 0.3) is 22.8 Å². The number of oxazole rings is 1. The number of rotatable bonds is 8. The standard InChI is InChI=1S/C31H26BrN5O3S/c1-3-39-29(38)26-19(2)34-30-35-31(36-37(30)27(26)22-13-15-24(32)16-14-22)41-18-20-9-11-23(12-10-20)28-33-17-25(40-28)21-7-5-4-6-8-21/h4-17,27H,3,18H2,1-2H3,(H,34,35,36)/t27-/m0/s1. The summed E-state index contributed by atoms with van der Waals surface area (Å²) in [6, 6.07) is 25.4. The van der Waals surface area contributed by atoms with Gasteiger partial charge in [0, 0.05) is 27.0 Å². The van der Waals surface area contributed by atoms with Crippen molar-refractivity contribution in [3.8, 4) is 22.8 Å².